The minimum Gasteiger partial charge on any atom is -0.364 e. The summed E-state index contributed by atoms with van der Waals surface area (Å²) in [5, 5.41) is 8.41. The molecule has 0 amide bonds. The van der Waals surface area contributed by atoms with Gasteiger partial charge in [0.1, 0.15) is 11.6 Å². The van der Waals surface area contributed by atoms with Crippen LogP contribution in [-0.4, -0.2) is 32.0 Å². The highest BCUT2D eigenvalue weighted by Crippen LogP contribution is 2.35. The van der Waals surface area contributed by atoms with Crippen molar-refractivity contribution in [2.75, 3.05) is 11.9 Å². The van der Waals surface area contributed by atoms with Crippen molar-refractivity contribution >= 4 is 11.3 Å². The molecule has 1 saturated heterocycles. The van der Waals surface area contributed by atoms with Gasteiger partial charge < -0.3 is 14.8 Å². The van der Waals surface area contributed by atoms with E-state index in [-0.39, 0.29) is 6.10 Å². The van der Waals surface area contributed by atoms with Gasteiger partial charge in [-0.2, -0.15) is 0 Å². The van der Waals surface area contributed by atoms with Crippen LogP contribution in [0.1, 0.15) is 31.1 Å². The Balaban J connectivity index is 1.42. The van der Waals surface area contributed by atoms with E-state index in [1.807, 2.05) is 73.2 Å². The lowest BCUT2D eigenvalue weighted by Crippen LogP contribution is -2.19. The quantitative estimate of drug-likeness (QED) is 0.329. The first-order valence-corrected chi connectivity index (χ1v) is 12.1. The molecule has 7 heteroatoms. The summed E-state index contributed by atoms with van der Waals surface area (Å²) >= 11 is 0. The topological polar surface area (TPSA) is 73.6 Å². The largest absolute Gasteiger partial charge is 0.364 e. The zero-order chi connectivity index (χ0) is 24.5. The Morgan fingerprint density at radius 2 is 1.75 bits per heavy atom. The van der Waals surface area contributed by atoms with Gasteiger partial charge in [0, 0.05) is 41.8 Å². The molecule has 4 heterocycles. The standard InChI is InChI=1S/C29H27N5O2/c1-29(2)35-19-25(36-29)22-15-23(18-30-17-22)27-32-28(31-16-20-9-5-3-6-10-20)26-24(13-14-34(26)33-27)21-11-7-4-8-12-21/h3-15,17-18,25H,16,19H2,1-2H3,(H,31,32,33). The van der Waals surface area contributed by atoms with E-state index in [1.54, 1.807) is 6.20 Å². The van der Waals surface area contributed by atoms with Gasteiger partial charge in [0.05, 0.1) is 6.61 Å². The van der Waals surface area contributed by atoms with Crippen LogP contribution >= 0.6 is 0 Å². The van der Waals surface area contributed by atoms with Crippen LogP contribution in [0.25, 0.3) is 28.0 Å². The van der Waals surface area contributed by atoms with Gasteiger partial charge >= 0.3 is 0 Å². The van der Waals surface area contributed by atoms with Crippen molar-refractivity contribution in [3.63, 3.8) is 0 Å². The number of rotatable bonds is 6. The maximum Gasteiger partial charge on any atom is 0.183 e. The SMILES string of the molecule is CC1(C)OCC(c2cncc(-c3nc(NCc4ccccc4)c4c(-c5ccccc5)ccn4n3)c2)O1. The fraction of sp³-hybridized carbons (Fsp3) is 0.207. The second-order valence-electron chi connectivity index (χ2n) is 9.34. The van der Waals surface area contributed by atoms with E-state index in [9.17, 15) is 0 Å². The molecule has 180 valence electrons. The van der Waals surface area contributed by atoms with Crippen molar-refractivity contribution in [3.8, 4) is 22.5 Å². The fourth-order valence-corrected chi connectivity index (χ4v) is 4.51. The van der Waals surface area contributed by atoms with E-state index in [0.29, 0.717) is 19.0 Å². The molecule has 2 aromatic carbocycles. The minimum atomic E-state index is -0.608. The zero-order valence-electron chi connectivity index (χ0n) is 20.3. The molecule has 1 aliphatic heterocycles. The van der Waals surface area contributed by atoms with Crippen molar-refractivity contribution in [3.05, 3.63) is 103 Å². The van der Waals surface area contributed by atoms with Gasteiger partial charge in [-0.1, -0.05) is 60.7 Å². The molecular formula is C29H27N5O2. The lowest BCUT2D eigenvalue weighted by Gasteiger charge is -2.17. The summed E-state index contributed by atoms with van der Waals surface area (Å²) in [4.78, 5) is 9.45. The van der Waals surface area contributed by atoms with Gasteiger partial charge in [-0.3, -0.25) is 4.98 Å². The monoisotopic (exact) mass is 477 g/mol. The van der Waals surface area contributed by atoms with E-state index in [0.717, 1.165) is 33.6 Å². The molecule has 1 unspecified atom stereocenters. The summed E-state index contributed by atoms with van der Waals surface area (Å²) < 4.78 is 13.7. The average molecular weight is 478 g/mol. The van der Waals surface area contributed by atoms with E-state index in [4.69, 9.17) is 19.6 Å². The molecule has 0 spiro atoms. The summed E-state index contributed by atoms with van der Waals surface area (Å²) in [7, 11) is 0. The number of anilines is 1. The van der Waals surface area contributed by atoms with Crippen molar-refractivity contribution in [2.24, 2.45) is 0 Å². The lowest BCUT2D eigenvalue weighted by atomic mass is 10.1. The fourth-order valence-electron chi connectivity index (χ4n) is 4.51. The first-order valence-electron chi connectivity index (χ1n) is 12.1. The third-order valence-corrected chi connectivity index (χ3v) is 6.30. The molecule has 7 nitrogen and oxygen atoms in total. The summed E-state index contributed by atoms with van der Waals surface area (Å²) in [6.07, 6.45) is 5.40. The first-order chi connectivity index (χ1) is 17.6. The Bertz CT molecular complexity index is 1500. The molecule has 0 bridgehead atoms. The highest BCUT2D eigenvalue weighted by molar-refractivity contribution is 5.89. The van der Waals surface area contributed by atoms with Crippen molar-refractivity contribution < 1.29 is 9.47 Å². The Kier molecular flexibility index (Phi) is 5.71. The highest BCUT2D eigenvalue weighted by atomic mass is 16.7. The second-order valence-corrected chi connectivity index (χ2v) is 9.34. The number of benzene rings is 2. The number of hydrogen-bond acceptors (Lipinski definition) is 6. The molecule has 5 aromatic rings. The Morgan fingerprint density at radius 1 is 0.972 bits per heavy atom. The third-order valence-electron chi connectivity index (χ3n) is 6.30. The Morgan fingerprint density at radius 3 is 2.50 bits per heavy atom. The van der Waals surface area contributed by atoms with Gasteiger partial charge in [-0.05, 0) is 37.1 Å². The molecule has 6 rings (SSSR count). The van der Waals surface area contributed by atoms with Crippen molar-refractivity contribution in [1.82, 2.24) is 19.6 Å². The van der Waals surface area contributed by atoms with E-state index in [2.05, 4.69) is 40.6 Å². The molecule has 0 aliphatic carbocycles. The van der Waals surface area contributed by atoms with Crippen LogP contribution in [0.3, 0.4) is 0 Å². The zero-order valence-corrected chi connectivity index (χ0v) is 20.3. The normalized spacial score (nSPS) is 16.9. The molecule has 3 aromatic heterocycles. The van der Waals surface area contributed by atoms with Crippen LogP contribution in [-0.2, 0) is 16.0 Å². The molecule has 1 N–H and O–H groups in total. The number of hydrogen-bond donors (Lipinski definition) is 1. The van der Waals surface area contributed by atoms with Gasteiger partial charge in [0.15, 0.2) is 17.4 Å². The molecule has 1 fully saturated rings. The Labute approximate surface area is 209 Å². The molecule has 1 atom stereocenters. The maximum atomic E-state index is 6.04. The molecular weight excluding hydrogens is 450 g/mol. The molecule has 36 heavy (non-hydrogen) atoms. The van der Waals surface area contributed by atoms with Crippen molar-refractivity contribution in [1.29, 1.82) is 0 Å². The Hall–Kier alpha value is -4.07. The summed E-state index contributed by atoms with van der Waals surface area (Å²) in [6.45, 7) is 4.97. The van der Waals surface area contributed by atoms with Crippen LogP contribution in [0.15, 0.2) is 91.4 Å². The third kappa shape index (κ3) is 4.46. The van der Waals surface area contributed by atoms with Crippen LogP contribution in [0.2, 0.25) is 0 Å². The van der Waals surface area contributed by atoms with Gasteiger partial charge in [0.25, 0.3) is 0 Å². The van der Waals surface area contributed by atoms with Gasteiger partial charge in [-0.25, -0.2) is 9.50 Å². The van der Waals surface area contributed by atoms with Gasteiger partial charge in [-0.15, -0.1) is 5.10 Å². The molecule has 1 aliphatic rings. The van der Waals surface area contributed by atoms with Gasteiger partial charge in [0.2, 0.25) is 0 Å². The first kappa shape index (κ1) is 22.4. The predicted molar refractivity (Wildman–Crippen MR) is 139 cm³/mol. The number of pyridine rings is 1. The highest BCUT2D eigenvalue weighted by Gasteiger charge is 2.34. The average Bonchev–Trinajstić information content (AvgIpc) is 3.51. The van der Waals surface area contributed by atoms with Crippen molar-refractivity contribution in [2.45, 2.75) is 32.3 Å². The van der Waals surface area contributed by atoms with E-state index < -0.39 is 5.79 Å². The number of nitrogens with one attached hydrogen (secondary N) is 1. The number of nitrogens with zero attached hydrogens (tertiary/aromatic N) is 4. The summed E-state index contributed by atoms with van der Waals surface area (Å²) in [5.74, 6) is 0.740. The smallest absolute Gasteiger partial charge is 0.183 e. The van der Waals surface area contributed by atoms with Crippen LogP contribution in [0.5, 0.6) is 0 Å². The maximum absolute atomic E-state index is 6.04. The van der Waals surface area contributed by atoms with Crippen LogP contribution < -0.4 is 5.32 Å². The minimum absolute atomic E-state index is 0.178. The van der Waals surface area contributed by atoms with Crippen LogP contribution in [0.4, 0.5) is 5.82 Å². The molecule has 0 saturated carbocycles. The predicted octanol–water partition coefficient (Wildman–Crippen LogP) is 5.89. The molecule has 0 radical (unpaired) electrons. The lowest BCUT2D eigenvalue weighted by molar-refractivity contribution is -0.139. The number of ether oxygens (including phenoxy) is 2. The number of aromatic nitrogens is 4. The number of fused-ring (bicyclic) bond motifs is 1. The summed E-state index contributed by atoms with van der Waals surface area (Å²) in [6, 6.07) is 24.7. The van der Waals surface area contributed by atoms with Crippen LogP contribution in [0, 0.1) is 0 Å². The van der Waals surface area contributed by atoms with E-state index in [1.165, 1.54) is 5.56 Å². The van der Waals surface area contributed by atoms with E-state index >= 15 is 0 Å². The summed E-state index contributed by atoms with van der Waals surface area (Å²) in [5.41, 5.74) is 6.05. The second kappa shape index (κ2) is 9.18.